The van der Waals surface area contributed by atoms with E-state index in [1.807, 2.05) is 18.2 Å². The van der Waals surface area contributed by atoms with E-state index >= 15 is 0 Å². The summed E-state index contributed by atoms with van der Waals surface area (Å²) < 4.78 is 1.77. The van der Waals surface area contributed by atoms with Crippen LogP contribution in [-0.2, 0) is 11.3 Å². The molecular formula is C19H25N5OS. The summed E-state index contributed by atoms with van der Waals surface area (Å²) in [5, 5.41) is 12.7. The average Bonchev–Trinajstić information content (AvgIpc) is 3.13. The summed E-state index contributed by atoms with van der Waals surface area (Å²) >= 11 is 1.45. The third-order valence-corrected chi connectivity index (χ3v) is 6.50. The first kappa shape index (κ1) is 17.5. The van der Waals surface area contributed by atoms with Gasteiger partial charge in [0.2, 0.25) is 11.1 Å². The molecule has 1 aliphatic heterocycles. The Labute approximate surface area is 158 Å². The molecule has 26 heavy (non-hydrogen) atoms. The fourth-order valence-corrected chi connectivity index (χ4v) is 5.06. The summed E-state index contributed by atoms with van der Waals surface area (Å²) in [6, 6.07) is 10.6. The van der Waals surface area contributed by atoms with Crippen LogP contribution < -0.4 is 0 Å². The van der Waals surface area contributed by atoms with Crippen molar-refractivity contribution in [3.05, 3.63) is 35.9 Å². The second kappa shape index (κ2) is 8.20. The molecule has 2 unspecified atom stereocenters. The van der Waals surface area contributed by atoms with Gasteiger partial charge in [0, 0.05) is 12.6 Å². The van der Waals surface area contributed by atoms with Crippen molar-refractivity contribution in [3.8, 4) is 0 Å². The Hall–Kier alpha value is -1.89. The number of aromatic nitrogens is 4. The van der Waals surface area contributed by atoms with E-state index in [9.17, 15) is 4.79 Å². The maximum atomic E-state index is 12.8. The molecular weight excluding hydrogens is 346 g/mol. The lowest BCUT2D eigenvalue weighted by atomic mass is 9.78. The van der Waals surface area contributed by atoms with Crippen LogP contribution in [0.5, 0.6) is 0 Å². The highest BCUT2D eigenvalue weighted by Crippen LogP contribution is 2.35. The van der Waals surface area contributed by atoms with Crippen molar-refractivity contribution >= 4 is 17.7 Å². The van der Waals surface area contributed by atoms with Gasteiger partial charge in [-0.05, 0) is 47.6 Å². The fraction of sp³-hybridized carbons (Fsp3) is 0.579. The zero-order valence-electron chi connectivity index (χ0n) is 15.0. The van der Waals surface area contributed by atoms with Crippen LogP contribution in [0.1, 0.15) is 44.1 Å². The molecule has 0 bridgehead atoms. The third-order valence-electron chi connectivity index (χ3n) is 5.56. The smallest absolute Gasteiger partial charge is 0.233 e. The average molecular weight is 372 g/mol. The first-order valence-corrected chi connectivity index (χ1v) is 10.5. The molecule has 0 N–H and O–H groups in total. The van der Waals surface area contributed by atoms with Gasteiger partial charge in [-0.15, -0.1) is 5.10 Å². The van der Waals surface area contributed by atoms with E-state index in [1.165, 1.54) is 43.9 Å². The van der Waals surface area contributed by atoms with E-state index in [4.69, 9.17) is 0 Å². The Kier molecular flexibility index (Phi) is 5.53. The Bertz CT molecular complexity index is 733. The van der Waals surface area contributed by atoms with Gasteiger partial charge in [0.1, 0.15) is 0 Å². The van der Waals surface area contributed by atoms with Crippen molar-refractivity contribution < 1.29 is 4.79 Å². The lowest BCUT2D eigenvalue weighted by Gasteiger charge is -2.44. The van der Waals surface area contributed by atoms with Crippen LogP contribution in [0.2, 0.25) is 0 Å². The number of hydrogen-bond acceptors (Lipinski definition) is 5. The molecule has 1 saturated heterocycles. The molecule has 138 valence electrons. The van der Waals surface area contributed by atoms with Gasteiger partial charge in [-0.1, -0.05) is 54.9 Å². The van der Waals surface area contributed by atoms with Crippen molar-refractivity contribution in [2.45, 2.75) is 56.3 Å². The number of amides is 1. The minimum Gasteiger partial charge on any atom is -0.339 e. The Morgan fingerprint density at radius 3 is 2.81 bits per heavy atom. The van der Waals surface area contributed by atoms with E-state index in [0.29, 0.717) is 23.5 Å². The molecule has 1 saturated carbocycles. The molecule has 1 aliphatic carbocycles. The van der Waals surface area contributed by atoms with Crippen LogP contribution >= 0.6 is 11.8 Å². The van der Waals surface area contributed by atoms with Gasteiger partial charge >= 0.3 is 0 Å². The van der Waals surface area contributed by atoms with Crippen LogP contribution in [0.4, 0.5) is 0 Å². The lowest BCUT2D eigenvalue weighted by Crippen LogP contribution is -2.50. The number of benzene rings is 1. The summed E-state index contributed by atoms with van der Waals surface area (Å²) in [5.74, 6) is 1.37. The molecule has 1 aromatic carbocycles. The lowest BCUT2D eigenvalue weighted by molar-refractivity contribution is -0.134. The molecule has 0 radical (unpaired) electrons. The number of nitrogens with zero attached hydrogens (tertiary/aromatic N) is 5. The van der Waals surface area contributed by atoms with Gasteiger partial charge < -0.3 is 4.90 Å². The summed E-state index contributed by atoms with van der Waals surface area (Å²) in [7, 11) is 0. The van der Waals surface area contributed by atoms with E-state index < -0.39 is 0 Å². The number of carbonyl (C=O) groups is 1. The van der Waals surface area contributed by atoms with E-state index in [0.717, 1.165) is 24.4 Å². The normalized spacial score (nSPS) is 22.8. The van der Waals surface area contributed by atoms with Gasteiger partial charge in [0.25, 0.3) is 0 Å². The zero-order chi connectivity index (χ0) is 17.8. The molecule has 2 aliphatic rings. The molecule has 2 aromatic rings. The third kappa shape index (κ3) is 3.92. The maximum absolute atomic E-state index is 12.8. The zero-order valence-corrected chi connectivity index (χ0v) is 15.8. The van der Waals surface area contributed by atoms with Crippen LogP contribution in [-0.4, -0.2) is 49.4 Å². The monoisotopic (exact) mass is 371 g/mol. The van der Waals surface area contributed by atoms with Crippen molar-refractivity contribution in [2.75, 3.05) is 12.3 Å². The second-order valence-electron chi connectivity index (χ2n) is 7.23. The second-order valence-corrected chi connectivity index (χ2v) is 8.18. The first-order chi connectivity index (χ1) is 12.8. The van der Waals surface area contributed by atoms with Crippen molar-refractivity contribution in [3.63, 3.8) is 0 Å². The summed E-state index contributed by atoms with van der Waals surface area (Å²) in [6.07, 6.45) is 7.48. The summed E-state index contributed by atoms with van der Waals surface area (Å²) in [6.45, 7) is 1.54. The van der Waals surface area contributed by atoms with E-state index in [2.05, 4.69) is 32.6 Å². The maximum Gasteiger partial charge on any atom is 0.233 e. The van der Waals surface area contributed by atoms with Gasteiger partial charge in [0.15, 0.2) is 0 Å². The molecule has 4 rings (SSSR count). The highest BCUT2D eigenvalue weighted by atomic mass is 32.2. The molecule has 2 fully saturated rings. The highest BCUT2D eigenvalue weighted by molar-refractivity contribution is 7.99. The number of tetrazole rings is 1. The molecule has 1 aromatic heterocycles. The van der Waals surface area contributed by atoms with Gasteiger partial charge in [-0.3, -0.25) is 4.79 Å². The first-order valence-electron chi connectivity index (χ1n) is 9.53. The summed E-state index contributed by atoms with van der Waals surface area (Å²) in [5.41, 5.74) is 1.15. The van der Waals surface area contributed by atoms with Crippen LogP contribution in [0.25, 0.3) is 0 Å². The summed E-state index contributed by atoms with van der Waals surface area (Å²) in [4.78, 5) is 15.0. The Morgan fingerprint density at radius 2 is 1.92 bits per heavy atom. The number of hydrogen-bond donors (Lipinski definition) is 0. The number of thioether (sulfide) groups is 1. The van der Waals surface area contributed by atoms with Crippen LogP contribution in [0.15, 0.2) is 35.5 Å². The molecule has 7 heteroatoms. The number of rotatable bonds is 5. The number of likely N-dealkylation sites (tertiary alicyclic amines) is 1. The minimum absolute atomic E-state index is 0.237. The van der Waals surface area contributed by atoms with E-state index in [1.54, 1.807) is 4.68 Å². The Morgan fingerprint density at radius 1 is 1.12 bits per heavy atom. The van der Waals surface area contributed by atoms with Gasteiger partial charge in [0.05, 0.1) is 12.3 Å². The molecule has 1 amide bonds. The van der Waals surface area contributed by atoms with Crippen LogP contribution in [0.3, 0.4) is 0 Å². The Balaban J connectivity index is 1.37. The van der Waals surface area contributed by atoms with Gasteiger partial charge in [-0.25, -0.2) is 4.68 Å². The predicted molar refractivity (Wildman–Crippen MR) is 101 cm³/mol. The molecule has 6 nitrogen and oxygen atoms in total. The largest absolute Gasteiger partial charge is 0.339 e. The van der Waals surface area contributed by atoms with Crippen molar-refractivity contribution in [2.24, 2.45) is 5.92 Å². The van der Waals surface area contributed by atoms with E-state index in [-0.39, 0.29) is 5.91 Å². The standard InChI is InChI=1S/C19H25N5OS/c25-18(23-12-6-10-16-9-4-5-11-17(16)23)14-26-19-20-21-22-24(19)13-15-7-2-1-3-8-15/h1-3,7-8,16-17H,4-6,9-14H2. The highest BCUT2D eigenvalue weighted by Gasteiger charge is 2.35. The molecule has 0 spiro atoms. The van der Waals surface area contributed by atoms with Crippen molar-refractivity contribution in [1.82, 2.24) is 25.1 Å². The number of piperidine rings is 1. The minimum atomic E-state index is 0.237. The number of fused-ring (bicyclic) bond motifs is 1. The predicted octanol–water partition coefficient (Wildman–Crippen LogP) is 2.99. The quantitative estimate of drug-likeness (QED) is 0.756. The van der Waals surface area contributed by atoms with Crippen LogP contribution in [0, 0.1) is 5.92 Å². The molecule has 2 atom stereocenters. The number of carbonyl (C=O) groups excluding carboxylic acids is 1. The van der Waals surface area contributed by atoms with Gasteiger partial charge in [-0.2, -0.15) is 0 Å². The molecule has 2 heterocycles. The fourth-order valence-electron chi connectivity index (χ4n) is 4.30. The SMILES string of the molecule is O=C(CSc1nnnn1Cc1ccccc1)N1CCCC2CCCCC21. The van der Waals surface area contributed by atoms with Crippen molar-refractivity contribution in [1.29, 1.82) is 0 Å². The topological polar surface area (TPSA) is 63.9 Å².